The van der Waals surface area contributed by atoms with Crippen LogP contribution in [-0.4, -0.2) is 0 Å². The molecule has 2 unspecified atom stereocenters. The predicted octanol–water partition coefficient (Wildman–Crippen LogP) is 7.95. The molecule has 3 rings (SSSR count). The second kappa shape index (κ2) is 8.70. The average Bonchev–Trinajstić information content (AvgIpc) is 2.71. The summed E-state index contributed by atoms with van der Waals surface area (Å²) < 4.78 is 10.8. The molecule has 0 spiro atoms. The van der Waals surface area contributed by atoms with Gasteiger partial charge < -0.3 is 9.05 Å². The maximum absolute atomic E-state index is 5.50. The number of benzene rings is 3. The first-order valence-electron chi connectivity index (χ1n) is 10.2. The molecule has 4 heteroatoms. The van der Waals surface area contributed by atoms with E-state index < -0.39 is 0 Å². The van der Waals surface area contributed by atoms with Crippen LogP contribution in [-0.2, 0) is 10.8 Å². The molecule has 0 saturated heterocycles. The maximum Gasteiger partial charge on any atom is 0.123 e. The fraction of sp³-hybridized carbons (Fsp3) is 0.308. The van der Waals surface area contributed by atoms with Crippen LogP contribution in [0.15, 0.2) is 60.7 Å². The van der Waals surface area contributed by atoms with Gasteiger partial charge in [0.2, 0.25) is 0 Å². The summed E-state index contributed by atoms with van der Waals surface area (Å²) in [5.74, 6) is 1.64. The predicted molar refractivity (Wildman–Crippen MR) is 135 cm³/mol. The van der Waals surface area contributed by atoms with Crippen molar-refractivity contribution in [3.8, 4) is 33.8 Å². The van der Waals surface area contributed by atoms with Crippen LogP contribution >= 0.6 is 18.9 Å². The Balaban J connectivity index is 2.28. The van der Waals surface area contributed by atoms with Crippen molar-refractivity contribution in [2.75, 3.05) is 0 Å². The highest BCUT2D eigenvalue weighted by Crippen LogP contribution is 2.42. The van der Waals surface area contributed by atoms with E-state index in [1.165, 1.54) is 27.8 Å². The standard InChI is InChI=1S/C26H32O2P2/c1-25(2,3)18-9-13-22(24(15-18)26(4,5)6)23-16-20(28-30)12-14-21(23)17-7-10-19(27-29)11-8-17/h7-16H,29-30H2,1-6H3. The van der Waals surface area contributed by atoms with Crippen molar-refractivity contribution in [2.45, 2.75) is 52.4 Å². The van der Waals surface area contributed by atoms with Crippen molar-refractivity contribution in [1.82, 2.24) is 0 Å². The zero-order valence-electron chi connectivity index (χ0n) is 18.7. The van der Waals surface area contributed by atoms with Gasteiger partial charge in [-0.15, -0.1) is 0 Å². The second-order valence-electron chi connectivity index (χ2n) is 9.73. The van der Waals surface area contributed by atoms with Crippen LogP contribution in [0.3, 0.4) is 0 Å². The van der Waals surface area contributed by atoms with Gasteiger partial charge in [-0.25, -0.2) is 0 Å². The third-order valence-electron chi connectivity index (χ3n) is 5.41. The van der Waals surface area contributed by atoms with Crippen LogP contribution in [0.1, 0.15) is 52.7 Å². The molecule has 3 aromatic carbocycles. The smallest absolute Gasteiger partial charge is 0.123 e. The van der Waals surface area contributed by atoms with Crippen molar-refractivity contribution in [3.63, 3.8) is 0 Å². The molecule has 0 bridgehead atoms. The quantitative estimate of drug-likeness (QED) is 0.385. The van der Waals surface area contributed by atoms with Crippen molar-refractivity contribution >= 4 is 18.9 Å². The Morgan fingerprint density at radius 3 is 1.67 bits per heavy atom. The van der Waals surface area contributed by atoms with Crippen molar-refractivity contribution < 1.29 is 9.05 Å². The molecule has 0 N–H and O–H groups in total. The first-order chi connectivity index (χ1) is 14.0. The minimum atomic E-state index is 0.00280. The van der Waals surface area contributed by atoms with Gasteiger partial charge in [-0.2, -0.15) is 0 Å². The molecule has 0 heterocycles. The van der Waals surface area contributed by atoms with Gasteiger partial charge in [0.25, 0.3) is 0 Å². The Bertz CT molecular complexity index is 1030. The summed E-state index contributed by atoms with van der Waals surface area (Å²) in [6, 6.07) is 21.3. The van der Waals surface area contributed by atoms with Crippen molar-refractivity contribution in [3.05, 3.63) is 71.8 Å². The monoisotopic (exact) mass is 438 g/mol. The lowest BCUT2D eigenvalue weighted by molar-refractivity contribution is 0.569. The highest BCUT2D eigenvalue weighted by Gasteiger charge is 2.24. The zero-order chi connectivity index (χ0) is 22.1. The molecular weight excluding hydrogens is 406 g/mol. The van der Waals surface area contributed by atoms with Gasteiger partial charge in [0.1, 0.15) is 11.5 Å². The van der Waals surface area contributed by atoms with Crippen LogP contribution in [0, 0.1) is 0 Å². The fourth-order valence-corrected chi connectivity index (χ4v) is 3.95. The van der Waals surface area contributed by atoms with E-state index in [1.54, 1.807) is 0 Å². The summed E-state index contributed by atoms with van der Waals surface area (Å²) in [5.41, 5.74) is 7.50. The maximum atomic E-state index is 5.50. The van der Waals surface area contributed by atoms with Gasteiger partial charge in [-0.05, 0) is 68.5 Å². The first kappa shape index (κ1) is 22.8. The highest BCUT2D eigenvalue weighted by atomic mass is 31.0. The Morgan fingerprint density at radius 1 is 0.567 bits per heavy atom. The van der Waals surface area contributed by atoms with Crippen LogP contribution in [0.25, 0.3) is 22.3 Å². The minimum Gasteiger partial charge on any atom is -0.480 e. The van der Waals surface area contributed by atoms with Gasteiger partial charge >= 0.3 is 0 Å². The van der Waals surface area contributed by atoms with Crippen LogP contribution in [0.4, 0.5) is 0 Å². The van der Waals surface area contributed by atoms with Crippen LogP contribution < -0.4 is 9.05 Å². The third-order valence-corrected chi connectivity index (χ3v) is 5.96. The van der Waals surface area contributed by atoms with E-state index in [0.29, 0.717) is 0 Å². The Morgan fingerprint density at radius 2 is 1.13 bits per heavy atom. The molecule has 0 aliphatic rings. The SMILES string of the molecule is CC(C)(C)c1ccc(-c2cc(OP)ccc2-c2ccc(OP)cc2)c(C(C)(C)C)c1. The minimum absolute atomic E-state index is 0.00280. The summed E-state index contributed by atoms with van der Waals surface area (Å²) in [6.45, 7) is 13.6. The van der Waals surface area contributed by atoms with Crippen molar-refractivity contribution in [2.24, 2.45) is 0 Å². The van der Waals surface area contributed by atoms with Crippen LogP contribution in [0.2, 0.25) is 0 Å². The van der Waals surface area contributed by atoms with Gasteiger partial charge in [0, 0.05) is 0 Å². The molecule has 0 fully saturated rings. The Labute approximate surface area is 186 Å². The second-order valence-corrected chi connectivity index (χ2v) is 10.2. The topological polar surface area (TPSA) is 18.5 Å². The summed E-state index contributed by atoms with van der Waals surface area (Å²) in [7, 11) is 4.64. The summed E-state index contributed by atoms with van der Waals surface area (Å²) in [4.78, 5) is 0. The Hall–Kier alpha value is -1.88. The van der Waals surface area contributed by atoms with E-state index >= 15 is 0 Å². The lowest BCUT2D eigenvalue weighted by Crippen LogP contribution is -2.17. The molecule has 0 saturated carbocycles. The van der Waals surface area contributed by atoms with E-state index in [1.807, 2.05) is 18.2 Å². The molecule has 2 atom stereocenters. The van der Waals surface area contributed by atoms with Gasteiger partial charge in [0.15, 0.2) is 0 Å². The van der Waals surface area contributed by atoms with Gasteiger partial charge in [-0.1, -0.05) is 77.9 Å². The normalized spacial score (nSPS) is 12.0. The molecule has 2 nitrogen and oxygen atoms in total. The molecule has 3 aromatic rings. The number of hydrogen-bond donors (Lipinski definition) is 0. The summed E-state index contributed by atoms with van der Waals surface area (Å²) in [5, 5.41) is 0. The van der Waals surface area contributed by atoms with E-state index in [9.17, 15) is 0 Å². The average molecular weight is 438 g/mol. The molecule has 0 radical (unpaired) electrons. The van der Waals surface area contributed by atoms with Gasteiger partial charge in [0.05, 0.1) is 18.9 Å². The number of hydrogen-bond acceptors (Lipinski definition) is 2. The van der Waals surface area contributed by atoms with E-state index in [2.05, 4.69) is 103 Å². The summed E-state index contributed by atoms with van der Waals surface area (Å²) >= 11 is 0. The van der Waals surface area contributed by atoms with E-state index in [4.69, 9.17) is 9.05 Å². The largest absolute Gasteiger partial charge is 0.480 e. The summed E-state index contributed by atoms with van der Waals surface area (Å²) in [6.07, 6.45) is 0. The molecule has 0 aliphatic carbocycles. The first-order valence-corrected chi connectivity index (χ1v) is 11.1. The molecule has 0 aromatic heterocycles. The van der Waals surface area contributed by atoms with Gasteiger partial charge in [-0.3, -0.25) is 0 Å². The molecule has 0 aliphatic heterocycles. The highest BCUT2D eigenvalue weighted by molar-refractivity contribution is 7.10. The lowest BCUT2D eigenvalue weighted by Gasteiger charge is -2.28. The van der Waals surface area contributed by atoms with Crippen molar-refractivity contribution in [1.29, 1.82) is 0 Å². The Kier molecular flexibility index (Phi) is 6.61. The van der Waals surface area contributed by atoms with E-state index in [-0.39, 0.29) is 10.8 Å². The zero-order valence-corrected chi connectivity index (χ0v) is 21.1. The van der Waals surface area contributed by atoms with E-state index in [0.717, 1.165) is 17.1 Å². The molecule has 0 amide bonds. The number of rotatable bonds is 4. The lowest BCUT2D eigenvalue weighted by atomic mass is 9.76. The third kappa shape index (κ3) is 4.88. The molecular formula is C26H32O2P2. The molecule has 30 heavy (non-hydrogen) atoms. The van der Waals surface area contributed by atoms with Crippen LogP contribution in [0.5, 0.6) is 11.5 Å². The molecule has 158 valence electrons. The fourth-order valence-electron chi connectivity index (χ4n) is 3.65.